The van der Waals surface area contributed by atoms with Gasteiger partial charge >= 0.3 is 0 Å². The molecular formula is C14H13BrFNO3S. The van der Waals surface area contributed by atoms with Crippen LogP contribution in [-0.4, -0.2) is 20.6 Å². The smallest absolute Gasteiger partial charge is 0.265 e. The van der Waals surface area contributed by atoms with Crippen molar-refractivity contribution in [2.24, 2.45) is 0 Å². The standard InChI is InChI=1S/C14H13BrFNO3S/c1-17(12-4-2-3-11(16)8-12)21(19,20)14-6-5-10(9-18)7-13(14)15/h2-8,18H,9H2,1H3. The first-order valence-corrected chi connectivity index (χ1v) is 8.23. The van der Waals surface area contributed by atoms with Gasteiger partial charge in [0.05, 0.1) is 12.3 Å². The Bertz CT molecular complexity index is 765. The summed E-state index contributed by atoms with van der Waals surface area (Å²) in [5.74, 6) is -0.510. The predicted octanol–water partition coefficient (Wildman–Crippen LogP) is 2.91. The average molecular weight is 374 g/mol. The Kier molecular flexibility index (Phi) is 4.65. The van der Waals surface area contributed by atoms with E-state index in [1.807, 2.05) is 0 Å². The van der Waals surface area contributed by atoms with E-state index in [0.29, 0.717) is 10.0 Å². The van der Waals surface area contributed by atoms with Gasteiger partial charge < -0.3 is 5.11 Å². The van der Waals surface area contributed by atoms with E-state index in [4.69, 9.17) is 5.11 Å². The molecule has 0 atom stereocenters. The van der Waals surface area contributed by atoms with E-state index in [1.165, 1.54) is 43.4 Å². The highest BCUT2D eigenvalue weighted by atomic mass is 79.9. The quantitative estimate of drug-likeness (QED) is 0.896. The Labute approximate surface area is 131 Å². The predicted molar refractivity (Wildman–Crippen MR) is 82.1 cm³/mol. The molecule has 0 aromatic heterocycles. The lowest BCUT2D eigenvalue weighted by atomic mass is 10.2. The van der Waals surface area contributed by atoms with Gasteiger partial charge in [0.2, 0.25) is 0 Å². The monoisotopic (exact) mass is 373 g/mol. The molecule has 0 amide bonds. The summed E-state index contributed by atoms with van der Waals surface area (Å²) in [6.45, 7) is -0.182. The summed E-state index contributed by atoms with van der Waals surface area (Å²) < 4.78 is 39.7. The van der Waals surface area contributed by atoms with Crippen LogP contribution in [0.1, 0.15) is 5.56 Å². The first-order chi connectivity index (χ1) is 9.86. The molecule has 0 aliphatic heterocycles. The highest BCUT2D eigenvalue weighted by Crippen LogP contribution is 2.28. The average Bonchev–Trinajstić information content (AvgIpc) is 2.45. The molecule has 2 aromatic rings. The normalized spacial score (nSPS) is 11.4. The molecule has 0 unspecified atom stereocenters. The molecule has 0 heterocycles. The number of hydrogen-bond donors (Lipinski definition) is 1. The Morgan fingerprint density at radius 1 is 1.24 bits per heavy atom. The van der Waals surface area contributed by atoms with Crippen LogP contribution in [0.3, 0.4) is 0 Å². The van der Waals surface area contributed by atoms with Gasteiger partial charge in [-0.05, 0) is 51.8 Å². The maximum absolute atomic E-state index is 13.2. The molecule has 0 spiro atoms. The van der Waals surface area contributed by atoms with Crippen LogP contribution in [0, 0.1) is 5.82 Å². The summed E-state index contributed by atoms with van der Waals surface area (Å²) in [6, 6.07) is 9.81. The van der Waals surface area contributed by atoms with Crippen molar-refractivity contribution in [2.75, 3.05) is 11.4 Å². The van der Waals surface area contributed by atoms with Crippen molar-refractivity contribution in [3.63, 3.8) is 0 Å². The summed E-state index contributed by atoms with van der Waals surface area (Å²) in [5, 5.41) is 9.05. The van der Waals surface area contributed by atoms with Crippen molar-refractivity contribution in [1.82, 2.24) is 0 Å². The van der Waals surface area contributed by atoms with Crippen molar-refractivity contribution < 1.29 is 17.9 Å². The van der Waals surface area contributed by atoms with E-state index >= 15 is 0 Å². The first kappa shape index (κ1) is 15.9. The van der Waals surface area contributed by atoms with Gasteiger partial charge in [0.25, 0.3) is 10.0 Å². The molecule has 2 aromatic carbocycles. The zero-order valence-electron chi connectivity index (χ0n) is 11.1. The van der Waals surface area contributed by atoms with E-state index in [1.54, 1.807) is 0 Å². The SMILES string of the molecule is CN(c1cccc(F)c1)S(=O)(=O)c1ccc(CO)cc1Br. The number of sulfonamides is 1. The number of rotatable bonds is 4. The minimum atomic E-state index is -3.83. The Morgan fingerprint density at radius 2 is 1.95 bits per heavy atom. The fourth-order valence-corrected chi connectivity index (χ4v) is 4.08. The number of aliphatic hydroxyl groups excluding tert-OH is 1. The molecule has 0 aliphatic rings. The van der Waals surface area contributed by atoms with E-state index in [-0.39, 0.29) is 17.2 Å². The topological polar surface area (TPSA) is 57.6 Å². The summed E-state index contributed by atoms with van der Waals surface area (Å²) in [5.41, 5.74) is 0.822. The number of aliphatic hydroxyl groups is 1. The van der Waals surface area contributed by atoms with Gasteiger partial charge in [-0.25, -0.2) is 12.8 Å². The van der Waals surface area contributed by atoms with Gasteiger partial charge in [-0.3, -0.25) is 4.31 Å². The second-order valence-electron chi connectivity index (χ2n) is 4.38. The number of benzene rings is 2. The molecule has 112 valence electrons. The Hall–Kier alpha value is -1.44. The van der Waals surface area contributed by atoms with Crippen LogP contribution in [0.2, 0.25) is 0 Å². The minimum Gasteiger partial charge on any atom is -0.392 e. The van der Waals surface area contributed by atoms with Gasteiger partial charge in [-0.1, -0.05) is 12.1 Å². The second-order valence-corrected chi connectivity index (χ2v) is 7.17. The number of anilines is 1. The third-order valence-corrected chi connectivity index (χ3v) is 5.75. The van der Waals surface area contributed by atoms with Gasteiger partial charge in [-0.2, -0.15) is 0 Å². The summed E-state index contributed by atoms with van der Waals surface area (Å²) in [6.07, 6.45) is 0. The number of nitrogens with zero attached hydrogens (tertiary/aromatic N) is 1. The lowest BCUT2D eigenvalue weighted by Crippen LogP contribution is -2.27. The summed E-state index contributed by atoms with van der Waals surface area (Å²) in [7, 11) is -2.47. The number of halogens is 2. The summed E-state index contributed by atoms with van der Waals surface area (Å²) in [4.78, 5) is 0.0476. The van der Waals surface area contributed by atoms with Crippen molar-refractivity contribution in [2.45, 2.75) is 11.5 Å². The molecule has 0 saturated carbocycles. The molecule has 7 heteroatoms. The van der Waals surface area contributed by atoms with Crippen LogP contribution in [-0.2, 0) is 16.6 Å². The van der Waals surface area contributed by atoms with Crippen molar-refractivity contribution in [3.05, 3.63) is 58.3 Å². The fraction of sp³-hybridized carbons (Fsp3) is 0.143. The van der Waals surface area contributed by atoms with Gasteiger partial charge in [0, 0.05) is 11.5 Å². The maximum Gasteiger partial charge on any atom is 0.265 e. The molecule has 2 rings (SSSR count). The zero-order valence-corrected chi connectivity index (χ0v) is 13.5. The van der Waals surface area contributed by atoms with Crippen LogP contribution in [0.15, 0.2) is 51.8 Å². The lowest BCUT2D eigenvalue weighted by molar-refractivity contribution is 0.281. The van der Waals surface area contributed by atoms with E-state index in [0.717, 1.165) is 10.4 Å². The van der Waals surface area contributed by atoms with E-state index < -0.39 is 15.8 Å². The highest BCUT2D eigenvalue weighted by molar-refractivity contribution is 9.10. The first-order valence-electron chi connectivity index (χ1n) is 6.00. The van der Waals surface area contributed by atoms with Crippen LogP contribution in [0.25, 0.3) is 0 Å². The lowest BCUT2D eigenvalue weighted by Gasteiger charge is -2.20. The Morgan fingerprint density at radius 3 is 2.52 bits per heavy atom. The second kappa shape index (κ2) is 6.13. The van der Waals surface area contributed by atoms with Crippen molar-refractivity contribution >= 4 is 31.6 Å². The molecule has 21 heavy (non-hydrogen) atoms. The van der Waals surface area contributed by atoms with Crippen LogP contribution < -0.4 is 4.31 Å². The molecular weight excluding hydrogens is 361 g/mol. The molecule has 0 saturated heterocycles. The molecule has 0 aliphatic carbocycles. The number of hydrogen-bond acceptors (Lipinski definition) is 3. The third kappa shape index (κ3) is 3.25. The van der Waals surface area contributed by atoms with Gasteiger partial charge in [0.1, 0.15) is 10.7 Å². The van der Waals surface area contributed by atoms with E-state index in [2.05, 4.69) is 15.9 Å². The molecule has 1 N–H and O–H groups in total. The fourth-order valence-electron chi connectivity index (χ4n) is 1.81. The molecule has 4 nitrogen and oxygen atoms in total. The Balaban J connectivity index is 2.47. The summed E-state index contributed by atoms with van der Waals surface area (Å²) >= 11 is 3.19. The van der Waals surface area contributed by atoms with Crippen molar-refractivity contribution in [1.29, 1.82) is 0 Å². The van der Waals surface area contributed by atoms with E-state index in [9.17, 15) is 12.8 Å². The maximum atomic E-state index is 13.2. The molecule has 0 radical (unpaired) electrons. The zero-order chi connectivity index (χ0) is 15.6. The highest BCUT2D eigenvalue weighted by Gasteiger charge is 2.24. The van der Waals surface area contributed by atoms with Crippen LogP contribution in [0.5, 0.6) is 0 Å². The minimum absolute atomic E-state index is 0.0476. The van der Waals surface area contributed by atoms with Gasteiger partial charge in [-0.15, -0.1) is 0 Å². The largest absolute Gasteiger partial charge is 0.392 e. The molecule has 0 bridgehead atoms. The third-order valence-electron chi connectivity index (χ3n) is 2.99. The van der Waals surface area contributed by atoms with Crippen molar-refractivity contribution in [3.8, 4) is 0 Å². The van der Waals surface area contributed by atoms with Crippen LogP contribution in [0.4, 0.5) is 10.1 Å². The molecule has 0 fully saturated rings. The van der Waals surface area contributed by atoms with Crippen LogP contribution >= 0.6 is 15.9 Å². The van der Waals surface area contributed by atoms with Gasteiger partial charge in [0.15, 0.2) is 0 Å².